The number of para-hydroxylation sites is 2. The van der Waals surface area contributed by atoms with Crippen molar-refractivity contribution in [3.63, 3.8) is 0 Å². The number of aliphatic hydroxyl groups is 2. The monoisotopic (exact) mass is 584 g/mol. The van der Waals surface area contributed by atoms with Crippen LogP contribution in [0.2, 0.25) is 0 Å². The molecule has 15 nitrogen and oxygen atoms in total. The Hall–Kier alpha value is 3.11. The molecule has 2 unspecified atom stereocenters. The summed E-state index contributed by atoms with van der Waals surface area (Å²) >= 11 is 0. The molecule has 1 aliphatic heterocycles. The maximum atomic E-state index is 11.5. The van der Waals surface area contributed by atoms with Crippen LogP contribution in [0.1, 0.15) is 0 Å². The average molecular weight is 584 g/mol. The summed E-state index contributed by atoms with van der Waals surface area (Å²) in [6.07, 6.45) is -6.43. The smallest absolute Gasteiger partial charge is 0.790 e. The van der Waals surface area contributed by atoms with E-state index in [-0.39, 0.29) is 130 Å². The zero-order valence-corrected chi connectivity index (χ0v) is 29.6. The molecule has 2 N–H and O–H groups in total. The molecule has 6 atom stereocenters. The van der Waals surface area contributed by atoms with Crippen molar-refractivity contribution >= 4 is 23.5 Å². The number of phosphoric ester groups is 1. The Balaban J connectivity index is -0.00000240. The molecule has 1 fully saturated rings. The third-order valence-corrected chi connectivity index (χ3v) is 7.09. The topological polar surface area (TPSA) is 239 Å². The molecule has 0 radical (unpaired) electrons. The summed E-state index contributed by atoms with van der Waals surface area (Å²) in [5, 5.41) is 20.0. The van der Waals surface area contributed by atoms with Crippen molar-refractivity contribution in [3.05, 3.63) is 24.3 Å². The van der Waals surface area contributed by atoms with E-state index in [0.717, 1.165) is 0 Å². The Labute approximate surface area is 282 Å². The van der Waals surface area contributed by atoms with Crippen LogP contribution in [0, 0.1) is 0 Å². The van der Waals surface area contributed by atoms with Gasteiger partial charge in [0.2, 0.25) is 6.29 Å². The molecule has 172 valence electrons. The van der Waals surface area contributed by atoms with Gasteiger partial charge in [0.15, 0.2) is 11.5 Å². The molecule has 0 spiro atoms. The summed E-state index contributed by atoms with van der Waals surface area (Å²) in [7, 11) is -16.7. The number of hydrogen-bond donors (Lipinski definition) is 2. The van der Waals surface area contributed by atoms with Gasteiger partial charge in [-0.25, -0.2) is 4.31 Å². The first-order chi connectivity index (χ1) is 13.7. The molecule has 1 aliphatic rings. The quantitative estimate of drug-likeness (QED) is 0.192. The summed E-state index contributed by atoms with van der Waals surface area (Å²) in [6, 6.07) is 6.20. The van der Waals surface area contributed by atoms with E-state index in [1.165, 1.54) is 19.2 Å². The van der Waals surface area contributed by atoms with E-state index in [1.54, 1.807) is 12.1 Å². The first-order valence-corrected chi connectivity index (χ1v) is 12.1. The predicted octanol–water partition coefficient (Wildman–Crippen LogP) is -14.6. The number of hydrogen-bond acceptors (Lipinski definition) is 15. The second kappa shape index (κ2) is 17.7. The standard InChI is InChI=1S/C12H19O15P3.4Na/c1-22-7-4-2-3-5-8(7)24-12-11(14)10(13)9(25-12)6-23-29(18,19)27-30(20,21)26-28(15,16)17;;;;/h2-5,9-14H,6H2,1H3,(H,18,19)(H,20,21)(H2,15,16,17);;;;/q;4*+1/p-4/t9-,10-,11-,12-;;;;/m1..../s1. The maximum absolute atomic E-state index is 11.5. The van der Waals surface area contributed by atoms with Gasteiger partial charge in [-0.2, -0.15) is 0 Å². The molecular weight excluding hydrogens is 569 g/mol. The Morgan fingerprint density at radius 2 is 1.41 bits per heavy atom. The molecule has 0 bridgehead atoms. The molecule has 1 aromatic carbocycles. The minimum Gasteiger partial charge on any atom is -0.790 e. The molecule has 34 heavy (non-hydrogen) atoms. The van der Waals surface area contributed by atoms with Crippen molar-refractivity contribution < 1.29 is 189 Å². The minimum absolute atomic E-state index is 0. The predicted molar refractivity (Wildman–Crippen MR) is 85.2 cm³/mol. The Morgan fingerprint density at radius 3 is 1.91 bits per heavy atom. The van der Waals surface area contributed by atoms with E-state index in [4.69, 9.17) is 14.2 Å². The van der Waals surface area contributed by atoms with Crippen LogP contribution in [0.15, 0.2) is 24.3 Å². The average Bonchev–Trinajstić information content (AvgIpc) is 2.85. The van der Waals surface area contributed by atoms with Crippen LogP contribution in [-0.2, 0) is 31.6 Å². The van der Waals surface area contributed by atoms with E-state index in [1.807, 2.05) is 0 Å². The first kappa shape index (κ1) is 41.6. The Morgan fingerprint density at radius 1 is 0.882 bits per heavy atom. The number of benzene rings is 1. The molecule has 2 rings (SSSR count). The molecule has 0 saturated carbocycles. The van der Waals surface area contributed by atoms with E-state index in [2.05, 4.69) is 13.1 Å². The number of ether oxygens (including phenoxy) is 3. The van der Waals surface area contributed by atoms with Crippen LogP contribution >= 0.6 is 23.5 Å². The number of phosphoric acid groups is 3. The normalized spacial score (nSPS) is 25.1. The number of methoxy groups -OCH3 is 1. The second-order valence-electron chi connectivity index (χ2n) is 5.59. The van der Waals surface area contributed by atoms with Crippen LogP contribution < -0.4 is 147 Å². The van der Waals surface area contributed by atoms with Crippen LogP contribution in [-0.4, -0.2) is 48.5 Å². The van der Waals surface area contributed by atoms with Gasteiger partial charge in [0.05, 0.1) is 21.5 Å². The SMILES string of the molecule is COc1ccccc1O[C@@H]1O[C@H](COP(=O)([O-])OP(=O)([O-])OP(=O)([O-])[O-])[C@@H](O)[C@H]1O.[Na+].[Na+].[Na+].[Na+]. The van der Waals surface area contributed by atoms with Gasteiger partial charge < -0.3 is 53.1 Å². The van der Waals surface area contributed by atoms with E-state index >= 15 is 0 Å². The van der Waals surface area contributed by atoms with Crippen LogP contribution in [0.4, 0.5) is 0 Å². The third kappa shape index (κ3) is 14.0. The largest absolute Gasteiger partial charge is 1.00 e. The first-order valence-electron chi connectivity index (χ1n) is 7.76. The van der Waals surface area contributed by atoms with E-state index in [0.29, 0.717) is 0 Å². The van der Waals surface area contributed by atoms with E-state index in [9.17, 15) is 43.5 Å². The Bertz CT molecular complexity index is 888. The molecule has 1 aromatic rings. The molecule has 1 saturated heterocycles. The number of aliphatic hydroxyl groups excluding tert-OH is 2. The van der Waals surface area contributed by atoms with Crippen molar-refractivity contribution in [1.82, 2.24) is 0 Å². The fourth-order valence-electron chi connectivity index (χ4n) is 2.24. The van der Waals surface area contributed by atoms with Crippen molar-refractivity contribution in [3.8, 4) is 11.5 Å². The summed E-state index contributed by atoms with van der Waals surface area (Å²) in [4.78, 5) is 43.2. The van der Waals surface area contributed by atoms with E-state index < -0.39 is 54.7 Å². The summed E-state index contributed by atoms with van der Waals surface area (Å²) in [6.45, 7) is -1.07. The molecule has 0 aromatic heterocycles. The molecule has 0 aliphatic carbocycles. The van der Waals surface area contributed by atoms with Crippen LogP contribution in [0.3, 0.4) is 0 Å². The van der Waals surface area contributed by atoms with Gasteiger partial charge in [0.1, 0.15) is 18.3 Å². The fourth-order valence-corrected chi connectivity index (χ4v) is 5.10. The second-order valence-corrected chi connectivity index (χ2v) is 9.84. The third-order valence-electron chi connectivity index (χ3n) is 3.43. The van der Waals surface area contributed by atoms with Gasteiger partial charge in [-0.05, 0) is 12.1 Å². The maximum Gasteiger partial charge on any atom is 1.00 e. The van der Waals surface area contributed by atoms with Gasteiger partial charge in [0.25, 0.3) is 15.6 Å². The zero-order chi connectivity index (χ0) is 22.7. The van der Waals surface area contributed by atoms with Crippen molar-refractivity contribution in [2.45, 2.75) is 24.6 Å². The van der Waals surface area contributed by atoms with Gasteiger partial charge >= 0.3 is 118 Å². The van der Waals surface area contributed by atoms with Gasteiger partial charge in [0, 0.05) is 0 Å². The van der Waals surface area contributed by atoms with Gasteiger partial charge in [-0.3, -0.25) is 13.4 Å². The molecule has 1 heterocycles. The van der Waals surface area contributed by atoms with Crippen LogP contribution in [0.25, 0.3) is 0 Å². The summed E-state index contributed by atoms with van der Waals surface area (Å²) < 4.78 is 59.0. The number of rotatable bonds is 10. The van der Waals surface area contributed by atoms with Crippen molar-refractivity contribution in [2.24, 2.45) is 0 Å². The molecule has 22 heteroatoms. The molecular formula is C12H15Na4O15P3. The summed E-state index contributed by atoms with van der Waals surface area (Å²) in [5.41, 5.74) is 0. The fraction of sp³-hybridized carbons (Fsp3) is 0.500. The zero-order valence-electron chi connectivity index (χ0n) is 18.9. The van der Waals surface area contributed by atoms with Gasteiger partial charge in [-0.1, -0.05) is 12.1 Å². The van der Waals surface area contributed by atoms with Gasteiger partial charge in [-0.15, -0.1) is 0 Å². The van der Waals surface area contributed by atoms with Crippen molar-refractivity contribution in [1.29, 1.82) is 0 Å². The Kier molecular flexibility index (Phi) is 21.7. The molecule has 0 amide bonds. The minimum atomic E-state index is -6.12. The van der Waals surface area contributed by atoms with Crippen molar-refractivity contribution in [2.75, 3.05) is 13.7 Å². The van der Waals surface area contributed by atoms with Crippen LogP contribution in [0.5, 0.6) is 11.5 Å². The summed E-state index contributed by atoms with van der Waals surface area (Å²) in [5.74, 6) is 0.389.